The molecule has 5 rings (SSSR count). The second-order valence-electron chi connectivity index (χ2n) is 8.63. The zero-order valence-corrected chi connectivity index (χ0v) is 21.5. The summed E-state index contributed by atoms with van der Waals surface area (Å²) < 4.78 is 14.2. The van der Waals surface area contributed by atoms with Crippen LogP contribution in [0.5, 0.6) is 11.5 Å². The molecule has 1 aliphatic rings. The number of piperazine rings is 1. The SMILES string of the molecule is CC(Oc1cc(-c2cnc3ccc(OCCN4CCNCC4)cn23)sc1C(N)=O)c1ccccc1Cl. The van der Waals surface area contributed by atoms with Crippen molar-refractivity contribution in [2.75, 3.05) is 39.3 Å². The van der Waals surface area contributed by atoms with Crippen molar-refractivity contribution in [3.05, 3.63) is 70.3 Å². The molecule has 0 radical (unpaired) electrons. The fraction of sp³-hybridized carbons (Fsp3) is 0.308. The molecule has 1 unspecified atom stereocenters. The Morgan fingerprint density at radius 2 is 2.06 bits per heavy atom. The van der Waals surface area contributed by atoms with E-state index >= 15 is 0 Å². The molecule has 1 aliphatic heterocycles. The molecule has 188 valence electrons. The number of nitrogens with zero attached hydrogens (tertiary/aromatic N) is 3. The second kappa shape index (κ2) is 10.9. The summed E-state index contributed by atoms with van der Waals surface area (Å²) in [6.45, 7) is 7.48. The molecule has 36 heavy (non-hydrogen) atoms. The number of pyridine rings is 1. The zero-order valence-electron chi connectivity index (χ0n) is 19.9. The molecule has 1 fully saturated rings. The lowest BCUT2D eigenvalue weighted by Gasteiger charge is -2.26. The van der Waals surface area contributed by atoms with Gasteiger partial charge in [0, 0.05) is 49.4 Å². The van der Waals surface area contributed by atoms with Crippen molar-refractivity contribution < 1.29 is 14.3 Å². The molecule has 1 saturated heterocycles. The first-order chi connectivity index (χ1) is 17.5. The van der Waals surface area contributed by atoms with Crippen LogP contribution in [0.4, 0.5) is 0 Å². The molecule has 3 N–H and O–H groups in total. The van der Waals surface area contributed by atoms with Gasteiger partial charge in [0.2, 0.25) is 0 Å². The summed E-state index contributed by atoms with van der Waals surface area (Å²) in [4.78, 5) is 20.3. The summed E-state index contributed by atoms with van der Waals surface area (Å²) in [7, 11) is 0. The molecular formula is C26H28ClN5O3S. The van der Waals surface area contributed by atoms with E-state index in [0.29, 0.717) is 22.3 Å². The van der Waals surface area contributed by atoms with Crippen LogP contribution in [-0.4, -0.2) is 59.5 Å². The monoisotopic (exact) mass is 525 g/mol. The minimum Gasteiger partial charge on any atom is -0.491 e. The van der Waals surface area contributed by atoms with Crippen molar-refractivity contribution in [2.24, 2.45) is 5.73 Å². The Labute approximate surface area is 218 Å². The third-order valence-electron chi connectivity index (χ3n) is 6.19. The van der Waals surface area contributed by atoms with Gasteiger partial charge in [0.1, 0.15) is 34.7 Å². The zero-order chi connectivity index (χ0) is 25.1. The van der Waals surface area contributed by atoms with E-state index < -0.39 is 5.91 Å². The summed E-state index contributed by atoms with van der Waals surface area (Å²) in [6.07, 6.45) is 3.33. The number of benzene rings is 1. The summed E-state index contributed by atoms with van der Waals surface area (Å²) in [5, 5.41) is 3.96. The van der Waals surface area contributed by atoms with Gasteiger partial charge in [-0.2, -0.15) is 0 Å². The number of hydrogen-bond acceptors (Lipinski definition) is 7. The average Bonchev–Trinajstić information content (AvgIpc) is 3.49. The number of nitrogens with one attached hydrogen (secondary N) is 1. The van der Waals surface area contributed by atoms with E-state index in [9.17, 15) is 4.79 Å². The van der Waals surface area contributed by atoms with E-state index in [2.05, 4.69) is 15.2 Å². The number of fused-ring (bicyclic) bond motifs is 1. The number of amides is 1. The quantitative estimate of drug-likeness (QED) is 0.339. The van der Waals surface area contributed by atoms with Gasteiger partial charge < -0.3 is 20.5 Å². The number of carbonyl (C=O) groups is 1. The van der Waals surface area contributed by atoms with E-state index in [1.54, 1.807) is 6.20 Å². The molecule has 0 aliphatic carbocycles. The van der Waals surface area contributed by atoms with Crippen molar-refractivity contribution in [1.82, 2.24) is 19.6 Å². The van der Waals surface area contributed by atoms with Gasteiger partial charge >= 0.3 is 0 Å². The van der Waals surface area contributed by atoms with E-state index in [4.69, 9.17) is 26.8 Å². The Morgan fingerprint density at radius 3 is 2.83 bits per heavy atom. The van der Waals surface area contributed by atoms with E-state index in [-0.39, 0.29) is 6.10 Å². The lowest BCUT2D eigenvalue weighted by Crippen LogP contribution is -2.44. The molecule has 0 saturated carbocycles. The molecular weight excluding hydrogens is 498 g/mol. The summed E-state index contributed by atoms with van der Waals surface area (Å²) in [5.74, 6) is 0.638. The van der Waals surface area contributed by atoms with Crippen LogP contribution in [0.25, 0.3) is 16.2 Å². The first kappa shape index (κ1) is 24.6. The Morgan fingerprint density at radius 1 is 1.25 bits per heavy atom. The van der Waals surface area contributed by atoms with Crippen molar-refractivity contribution >= 4 is 34.5 Å². The molecule has 0 bridgehead atoms. The van der Waals surface area contributed by atoms with Crippen molar-refractivity contribution in [3.63, 3.8) is 0 Å². The molecule has 0 spiro atoms. The predicted molar refractivity (Wildman–Crippen MR) is 142 cm³/mol. The van der Waals surface area contributed by atoms with Crippen molar-refractivity contribution in [2.45, 2.75) is 13.0 Å². The van der Waals surface area contributed by atoms with Crippen LogP contribution in [-0.2, 0) is 0 Å². The van der Waals surface area contributed by atoms with Crippen LogP contribution in [0, 0.1) is 0 Å². The van der Waals surface area contributed by atoms with Crippen LogP contribution >= 0.6 is 22.9 Å². The average molecular weight is 526 g/mol. The van der Waals surface area contributed by atoms with Crippen LogP contribution in [0.3, 0.4) is 0 Å². The Hall–Kier alpha value is -3.11. The molecule has 1 atom stereocenters. The highest BCUT2D eigenvalue weighted by Gasteiger charge is 2.21. The third kappa shape index (κ3) is 5.34. The van der Waals surface area contributed by atoms with Gasteiger partial charge in [-0.1, -0.05) is 29.8 Å². The smallest absolute Gasteiger partial charge is 0.262 e. The number of aromatic nitrogens is 2. The standard InChI is InChI=1S/C26H28ClN5O3S/c1-17(19-4-2-3-5-20(19)27)35-22-14-23(36-25(22)26(28)33)21-15-30-24-7-6-18(16-32(21)24)34-13-12-31-10-8-29-9-11-31/h2-7,14-17,29H,8-13H2,1H3,(H2,28,33). The van der Waals surface area contributed by atoms with Crippen LogP contribution in [0.2, 0.25) is 5.02 Å². The Bertz CT molecular complexity index is 1360. The summed E-state index contributed by atoms with van der Waals surface area (Å²) in [5.41, 5.74) is 8.13. The topological polar surface area (TPSA) is 94.1 Å². The number of imidazole rings is 1. The van der Waals surface area contributed by atoms with Gasteiger partial charge in [0.25, 0.3) is 5.91 Å². The number of halogens is 1. The van der Waals surface area contributed by atoms with E-state index in [0.717, 1.165) is 60.3 Å². The van der Waals surface area contributed by atoms with Gasteiger partial charge in [-0.25, -0.2) is 4.98 Å². The highest BCUT2D eigenvalue weighted by molar-refractivity contribution is 7.17. The van der Waals surface area contributed by atoms with Crippen LogP contribution in [0.1, 0.15) is 28.3 Å². The van der Waals surface area contributed by atoms with Crippen molar-refractivity contribution in [1.29, 1.82) is 0 Å². The maximum atomic E-state index is 12.2. The van der Waals surface area contributed by atoms with E-state index in [1.165, 1.54) is 11.3 Å². The number of rotatable bonds is 9. The highest BCUT2D eigenvalue weighted by Crippen LogP contribution is 2.39. The fourth-order valence-electron chi connectivity index (χ4n) is 4.27. The second-order valence-corrected chi connectivity index (χ2v) is 10.1. The number of hydrogen-bond donors (Lipinski definition) is 2. The maximum Gasteiger partial charge on any atom is 0.262 e. The molecule has 4 heterocycles. The molecule has 3 aromatic heterocycles. The number of carbonyl (C=O) groups excluding carboxylic acids is 1. The van der Waals surface area contributed by atoms with Crippen LogP contribution < -0.4 is 20.5 Å². The normalized spacial score (nSPS) is 15.2. The van der Waals surface area contributed by atoms with Gasteiger partial charge in [-0.15, -0.1) is 11.3 Å². The highest BCUT2D eigenvalue weighted by atomic mass is 35.5. The maximum absolute atomic E-state index is 12.2. The summed E-state index contributed by atoms with van der Waals surface area (Å²) in [6, 6.07) is 13.2. The summed E-state index contributed by atoms with van der Waals surface area (Å²) >= 11 is 7.61. The molecule has 1 amide bonds. The van der Waals surface area contributed by atoms with Gasteiger partial charge in [0.15, 0.2) is 0 Å². The minimum atomic E-state index is -0.543. The molecule has 4 aromatic rings. The lowest BCUT2D eigenvalue weighted by molar-refractivity contribution is 0.0998. The number of primary amides is 1. The number of thiophene rings is 1. The minimum absolute atomic E-state index is 0.349. The van der Waals surface area contributed by atoms with Gasteiger partial charge in [-0.3, -0.25) is 14.1 Å². The van der Waals surface area contributed by atoms with Crippen molar-refractivity contribution in [3.8, 4) is 22.1 Å². The molecule has 1 aromatic carbocycles. The lowest BCUT2D eigenvalue weighted by atomic mass is 10.1. The van der Waals surface area contributed by atoms with Crippen LogP contribution in [0.15, 0.2) is 54.9 Å². The first-order valence-corrected chi connectivity index (χ1v) is 13.1. The fourth-order valence-corrected chi connectivity index (χ4v) is 5.51. The first-order valence-electron chi connectivity index (χ1n) is 11.9. The van der Waals surface area contributed by atoms with E-state index in [1.807, 2.05) is 60.0 Å². The Kier molecular flexibility index (Phi) is 7.43. The predicted octanol–water partition coefficient (Wildman–Crippen LogP) is 4.24. The van der Waals surface area contributed by atoms with Gasteiger partial charge in [-0.05, 0) is 25.1 Å². The number of nitrogens with two attached hydrogens (primary N) is 1. The van der Waals surface area contributed by atoms with Gasteiger partial charge in [0.05, 0.1) is 23.0 Å². The Balaban J connectivity index is 1.37. The molecule has 10 heteroatoms. The third-order valence-corrected chi connectivity index (χ3v) is 7.68. The number of ether oxygens (including phenoxy) is 2. The largest absolute Gasteiger partial charge is 0.491 e. The molecule has 8 nitrogen and oxygen atoms in total.